The van der Waals surface area contributed by atoms with Gasteiger partial charge in [-0.3, -0.25) is 4.79 Å². The zero-order valence-corrected chi connectivity index (χ0v) is 12.2. The topological polar surface area (TPSA) is 67.2 Å². The molecule has 0 aliphatic heterocycles. The van der Waals surface area contributed by atoms with Crippen molar-refractivity contribution >= 4 is 17.5 Å². The van der Waals surface area contributed by atoms with E-state index in [9.17, 15) is 9.90 Å². The van der Waals surface area contributed by atoms with Crippen LogP contribution in [0.5, 0.6) is 0 Å². The molecule has 6 heteroatoms. The Morgan fingerprint density at radius 3 is 2.71 bits per heavy atom. The van der Waals surface area contributed by atoms with E-state index in [1.165, 1.54) is 6.20 Å². The number of amides is 1. The third-order valence-corrected chi connectivity index (χ3v) is 4.05. The van der Waals surface area contributed by atoms with Gasteiger partial charge in [0.05, 0.1) is 23.0 Å². The van der Waals surface area contributed by atoms with Crippen LogP contribution < -0.4 is 5.32 Å². The van der Waals surface area contributed by atoms with Crippen LogP contribution in [0.1, 0.15) is 29.6 Å². The first-order chi connectivity index (χ1) is 10.1. The summed E-state index contributed by atoms with van der Waals surface area (Å²) in [4.78, 5) is 12.0. The fourth-order valence-electron chi connectivity index (χ4n) is 2.28. The van der Waals surface area contributed by atoms with Crippen molar-refractivity contribution in [3.63, 3.8) is 0 Å². The van der Waals surface area contributed by atoms with Crippen molar-refractivity contribution in [2.45, 2.75) is 24.9 Å². The molecule has 5 nitrogen and oxygen atoms in total. The summed E-state index contributed by atoms with van der Waals surface area (Å²) in [5.41, 5.74) is 0.575. The largest absolute Gasteiger partial charge is 0.388 e. The van der Waals surface area contributed by atoms with E-state index < -0.39 is 5.60 Å². The van der Waals surface area contributed by atoms with Crippen LogP contribution in [-0.4, -0.2) is 32.9 Å². The first kappa shape index (κ1) is 14.1. The zero-order chi connectivity index (χ0) is 14.9. The number of halogens is 1. The highest BCUT2D eigenvalue weighted by Crippen LogP contribution is 2.30. The lowest BCUT2D eigenvalue weighted by Gasteiger charge is -2.36. The second-order valence-electron chi connectivity index (χ2n) is 5.41. The summed E-state index contributed by atoms with van der Waals surface area (Å²) in [5, 5.41) is 17.5. The highest BCUT2D eigenvalue weighted by atomic mass is 35.5. The molecular formula is C15H16ClN3O2. The fourth-order valence-corrected chi connectivity index (χ4v) is 2.41. The third-order valence-electron chi connectivity index (χ3n) is 3.80. The second kappa shape index (κ2) is 5.50. The SMILES string of the molecule is O=C(NCC1(O)CCC1)c1cnn(-c2ccc(Cl)cc2)c1. The van der Waals surface area contributed by atoms with Crippen molar-refractivity contribution in [1.82, 2.24) is 15.1 Å². The van der Waals surface area contributed by atoms with Gasteiger partial charge in [0, 0.05) is 17.8 Å². The molecule has 1 aromatic carbocycles. The van der Waals surface area contributed by atoms with Crippen LogP contribution in [0, 0.1) is 0 Å². The number of hydrogen-bond donors (Lipinski definition) is 2. The summed E-state index contributed by atoms with van der Waals surface area (Å²) in [6.45, 7) is 0.290. The molecule has 0 atom stereocenters. The molecule has 0 unspecified atom stereocenters. The summed E-state index contributed by atoms with van der Waals surface area (Å²) in [7, 11) is 0. The van der Waals surface area contributed by atoms with Crippen molar-refractivity contribution in [3.05, 3.63) is 47.2 Å². The molecule has 1 aliphatic carbocycles. The van der Waals surface area contributed by atoms with Crippen molar-refractivity contribution in [2.24, 2.45) is 0 Å². The maximum atomic E-state index is 12.0. The van der Waals surface area contributed by atoms with Gasteiger partial charge in [0.15, 0.2) is 0 Å². The molecule has 1 fully saturated rings. The van der Waals surface area contributed by atoms with Gasteiger partial charge in [-0.05, 0) is 43.5 Å². The Balaban J connectivity index is 1.66. The number of aliphatic hydroxyl groups is 1. The molecule has 110 valence electrons. The standard InChI is InChI=1S/C15H16ClN3O2/c16-12-2-4-13(5-3-12)19-9-11(8-18-19)14(20)17-10-15(21)6-1-7-15/h2-5,8-9,21H,1,6-7,10H2,(H,17,20). The number of nitrogens with zero attached hydrogens (tertiary/aromatic N) is 2. The summed E-state index contributed by atoms with van der Waals surface area (Å²) in [5.74, 6) is -0.226. The second-order valence-corrected chi connectivity index (χ2v) is 5.85. The zero-order valence-electron chi connectivity index (χ0n) is 11.4. The number of carbonyl (C=O) groups excluding carboxylic acids is 1. The predicted molar refractivity (Wildman–Crippen MR) is 79.7 cm³/mol. The highest BCUT2D eigenvalue weighted by Gasteiger charge is 2.34. The first-order valence-electron chi connectivity index (χ1n) is 6.87. The van der Waals surface area contributed by atoms with Crippen molar-refractivity contribution in [3.8, 4) is 5.69 Å². The van der Waals surface area contributed by atoms with Gasteiger partial charge in [0.2, 0.25) is 0 Å². The van der Waals surface area contributed by atoms with Crippen LogP contribution in [0.3, 0.4) is 0 Å². The number of rotatable bonds is 4. The average molecular weight is 306 g/mol. The number of nitrogens with one attached hydrogen (secondary N) is 1. The van der Waals surface area contributed by atoms with Crippen LogP contribution in [-0.2, 0) is 0 Å². The molecule has 0 bridgehead atoms. The lowest BCUT2D eigenvalue weighted by molar-refractivity contribution is -0.0300. The summed E-state index contributed by atoms with van der Waals surface area (Å²) >= 11 is 5.84. The number of aromatic nitrogens is 2. The van der Waals surface area contributed by atoms with E-state index in [2.05, 4.69) is 10.4 Å². The molecule has 1 heterocycles. The summed E-state index contributed by atoms with van der Waals surface area (Å²) in [6.07, 6.45) is 5.67. The molecule has 1 saturated carbocycles. The van der Waals surface area contributed by atoms with Crippen LogP contribution in [0.25, 0.3) is 5.69 Å². The quantitative estimate of drug-likeness (QED) is 0.909. The van der Waals surface area contributed by atoms with Gasteiger partial charge in [0.1, 0.15) is 0 Å². The lowest BCUT2D eigenvalue weighted by atomic mass is 9.80. The molecule has 0 spiro atoms. The van der Waals surface area contributed by atoms with Gasteiger partial charge < -0.3 is 10.4 Å². The molecule has 3 rings (SSSR count). The van der Waals surface area contributed by atoms with Crippen LogP contribution in [0.4, 0.5) is 0 Å². The van der Waals surface area contributed by atoms with Crippen LogP contribution in [0.15, 0.2) is 36.7 Å². The summed E-state index contributed by atoms with van der Waals surface area (Å²) < 4.78 is 1.61. The predicted octanol–water partition coefficient (Wildman–Crippen LogP) is 2.17. The van der Waals surface area contributed by atoms with E-state index in [4.69, 9.17) is 11.6 Å². The van der Waals surface area contributed by atoms with Gasteiger partial charge in [-0.25, -0.2) is 4.68 Å². The Morgan fingerprint density at radius 2 is 2.10 bits per heavy atom. The lowest BCUT2D eigenvalue weighted by Crippen LogP contribution is -2.47. The Morgan fingerprint density at radius 1 is 1.38 bits per heavy atom. The average Bonchev–Trinajstić information content (AvgIpc) is 2.93. The molecule has 1 aliphatic rings. The van der Waals surface area contributed by atoms with E-state index >= 15 is 0 Å². The molecule has 1 amide bonds. The normalized spacial score (nSPS) is 16.3. The van der Waals surface area contributed by atoms with Crippen molar-refractivity contribution in [2.75, 3.05) is 6.54 Å². The van der Waals surface area contributed by atoms with Crippen LogP contribution >= 0.6 is 11.6 Å². The minimum absolute atomic E-state index is 0.226. The minimum Gasteiger partial charge on any atom is -0.388 e. The van der Waals surface area contributed by atoms with E-state index in [1.54, 1.807) is 23.0 Å². The maximum Gasteiger partial charge on any atom is 0.254 e. The van der Waals surface area contributed by atoms with Gasteiger partial charge in [-0.15, -0.1) is 0 Å². The molecular weight excluding hydrogens is 290 g/mol. The van der Waals surface area contributed by atoms with Gasteiger partial charge in [-0.1, -0.05) is 11.6 Å². The van der Waals surface area contributed by atoms with Crippen molar-refractivity contribution in [1.29, 1.82) is 0 Å². The van der Waals surface area contributed by atoms with E-state index in [0.29, 0.717) is 10.6 Å². The van der Waals surface area contributed by atoms with Gasteiger partial charge in [0.25, 0.3) is 5.91 Å². The molecule has 1 aromatic heterocycles. The van der Waals surface area contributed by atoms with Gasteiger partial charge >= 0.3 is 0 Å². The Kier molecular flexibility index (Phi) is 3.69. The van der Waals surface area contributed by atoms with E-state index in [1.807, 2.05) is 12.1 Å². The van der Waals surface area contributed by atoms with E-state index in [0.717, 1.165) is 24.9 Å². The Hall–Kier alpha value is -1.85. The molecule has 2 aromatic rings. The molecule has 0 saturated heterocycles. The van der Waals surface area contributed by atoms with E-state index in [-0.39, 0.29) is 12.5 Å². The third kappa shape index (κ3) is 3.09. The molecule has 21 heavy (non-hydrogen) atoms. The smallest absolute Gasteiger partial charge is 0.254 e. The monoisotopic (exact) mass is 305 g/mol. The minimum atomic E-state index is -0.720. The number of benzene rings is 1. The van der Waals surface area contributed by atoms with Gasteiger partial charge in [-0.2, -0.15) is 5.10 Å². The number of carbonyl (C=O) groups is 1. The Bertz CT molecular complexity index is 647. The first-order valence-corrected chi connectivity index (χ1v) is 7.25. The van der Waals surface area contributed by atoms with Crippen LogP contribution in [0.2, 0.25) is 5.02 Å². The number of hydrogen-bond acceptors (Lipinski definition) is 3. The Labute approximate surface area is 127 Å². The fraction of sp³-hybridized carbons (Fsp3) is 0.333. The summed E-state index contributed by atoms with van der Waals surface area (Å²) in [6, 6.07) is 7.19. The highest BCUT2D eigenvalue weighted by molar-refractivity contribution is 6.30. The molecule has 2 N–H and O–H groups in total. The molecule has 0 radical (unpaired) electrons. The maximum absolute atomic E-state index is 12.0. The van der Waals surface area contributed by atoms with Crippen molar-refractivity contribution < 1.29 is 9.90 Å².